The van der Waals surface area contributed by atoms with E-state index in [2.05, 4.69) is 21.2 Å². The molecule has 0 aromatic heterocycles. The molecule has 14 heteroatoms. The van der Waals surface area contributed by atoms with Gasteiger partial charge in [-0.2, -0.15) is 9.57 Å². The lowest BCUT2D eigenvalue weighted by molar-refractivity contribution is -0.129. The van der Waals surface area contributed by atoms with Gasteiger partial charge in [0.25, 0.3) is 15.9 Å². The van der Waals surface area contributed by atoms with Gasteiger partial charge in [-0.1, -0.05) is 18.2 Å². The van der Waals surface area contributed by atoms with E-state index >= 15 is 4.79 Å². The highest BCUT2D eigenvalue weighted by molar-refractivity contribution is 7.93. The van der Waals surface area contributed by atoms with Crippen molar-refractivity contribution in [2.45, 2.75) is 42.3 Å². The van der Waals surface area contributed by atoms with Gasteiger partial charge in [-0.25, -0.2) is 13.2 Å². The number of hydrogen-bond donors (Lipinski definition) is 1. The molecule has 272 valence electrons. The second kappa shape index (κ2) is 13.1. The normalized spacial score (nSPS) is 23.3. The Balaban J connectivity index is 1.09. The van der Waals surface area contributed by atoms with Gasteiger partial charge in [0.05, 0.1) is 55.2 Å². The predicted molar refractivity (Wildman–Crippen MR) is 191 cm³/mol. The maximum Gasteiger partial charge on any atom is 0.318 e. The van der Waals surface area contributed by atoms with E-state index in [0.29, 0.717) is 36.7 Å². The van der Waals surface area contributed by atoms with Gasteiger partial charge in [0.2, 0.25) is 0 Å². The Labute approximate surface area is 303 Å². The minimum Gasteiger partial charge on any atom is -0.497 e. The molecule has 5 heterocycles. The van der Waals surface area contributed by atoms with Gasteiger partial charge in [0, 0.05) is 61.9 Å². The molecule has 13 nitrogen and oxygen atoms in total. The van der Waals surface area contributed by atoms with Gasteiger partial charge in [-0.3, -0.25) is 14.6 Å². The zero-order valence-electron chi connectivity index (χ0n) is 29.3. The fourth-order valence-corrected chi connectivity index (χ4v) is 9.99. The molecule has 5 aliphatic heterocycles. The first-order valence-electron chi connectivity index (χ1n) is 17.8. The van der Waals surface area contributed by atoms with Crippen molar-refractivity contribution in [3.8, 4) is 17.6 Å². The average Bonchev–Trinajstić information content (AvgIpc) is 3.34. The van der Waals surface area contributed by atoms with Crippen molar-refractivity contribution in [2.75, 3.05) is 70.5 Å². The number of amides is 3. The number of methoxy groups -OCH3 is 1. The smallest absolute Gasteiger partial charge is 0.318 e. The third-order valence-corrected chi connectivity index (χ3v) is 13.0. The number of piperidine rings is 1. The highest BCUT2D eigenvalue weighted by atomic mass is 32.2. The van der Waals surface area contributed by atoms with Crippen LogP contribution in [0.25, 0.3) is 0 Å². The van der Waals surface area contributed by atoms with Gasteiger partial charge >= 0.3 is 6.03 Å². The quantitative estimate of drug-likeness (QED) is 0.349. The Morgan fingerprint density at radius 2 is 1.67 bits per heavy atom. The first-order chi connectivity index (χ1) is 25.1. The molecule has 5 aliphatic rings. The number of benzene rings is 3. The molecule has 8 rings (SSSR count). The lowest BCUT2D eigenvalue weighted by atomic mass is 9.71. The summed E-state index contributed by atoms with van der Waals surface area (Å²) in [6, 6.07) is 19.6. The molecule has 0 bridgehead atoms. The van der Waals surface area contributed by atoms with E-state index in [1.165, 1.54) is 49.6 Å². The van der Waals surface area contributed by atoms with Crippen molar-refractivity contribution in [3.63, 3.8) is 0 Å². The van der Waals surface area contributed by atoms with Gasteiger partial charge in [-0.15, -0.1) is 0 Å². The molecule has 4 fully saturated rings. The summed E-state index contributed by atoms with van der Waals surface area (Å²) in [6.07, 6.45) is 2.25. The number of nitrogens with zero attached hydrogens (tertiary/aromatic N) is 5. The summed E-state index contributed by atoms with van der Waals surface area (Å²) in [6.45, 7) is 8.74. The van der Waals surface area contributed by atoms with Crippen molar-refractivity contribution in [3.05, 3.63) is 83.4 Å². The number of carbonyl (C=O) groups is 2. The van der Waals surface area contributed by atoms with Crippen LogP contribution in [0.4, 0.5) is 10.5 Å². The molecule has 1 unspecified atom stereocenters. The number of hydrogen-bond acceptors (Lipinski definition) is 10. The lowest BCUT2D eigenvalue weighted by Gasteiger charge is -2.62. The van der Waals surface area contributed by atoms with Gasteiger partial charge in [0.1, 0.15) is 11.5 Å². The number of fused-ring (bicyclic) bond motifs is 1. The van der Waals surface area contributed by atoms with Gasteiger partial charge in [-0.05, 0) is 68.3 Å². The number of ether oxygens (including phenoxy) is 3. The molecule has 0 saturated carbocycles. The van der Waals surface area contributed by atoms with Crippen molar-refractivity contribution in [2.24, 2.45) is 5.41 Å². The SMILES string of the molecule is CCOc1ccccc1C1(NC(=O)N2CC3(C2)CN(C2CCN(C4COC4)CC2)C3)C(=O)N(S(=O)(=O)c2ccc(OC)cc2)c2ccc(C#N)cc21. The number of nitriles is 1. The number of nitrogens with one attached hydrogen (secondary N) is 1. The second-order valence-corrected chi connectivity index (χ2v) is 16.2. The predicted octanol–water partition coefficient (Wildman–Crippen LogP) is 3.14. The zero-order valence-corrected chi connectivity index (χ0v) is 30.1. The molecule has 1 N–H and O–H groups in total. The van der Waals surface area contributed by atoms with Crippen LogP contribution in [0.1, 0.15) is 36.5 Å². The van der Waals surface area contributed by atoms with Crippen LogP contribution in [-0.2, 0) is 25.1 Å². The molecule has 0 radical (unpaired) electrons. The molecular formula is C38H42N6O7S. The second-order valence-electron chi connectivity index (χ2n) is 14.4. The average molecular weight is 727 g/mol. The van der Waals surface area contributed by atoms with Crippen LogP contribution < -0.4 is 19.1 Å². The monoisotopic (exact) mass is 726 g/mol. The minimum absolute atomic E-state index is 0.0119. The first kappa shape index (κ1) is 34.4. The Kier molecular flexibility index (Phi) is 8.65. The Morgan fingerprint density at radius 3 is 2.31 bits per heavy atom. The summed E-state index contributed by atoms with van der Waals surface area (Å²) in [7, 11) is -3.04. The molecule has 4 saturated heterocycles. The van der Waals surface area contributed by atoms with E-state index in [4.69, 9.17) is 14.2 Å². The van der Waals surface area contributed by atoms with Crippen LogP contribution in [0.5, 0.6) is 11.5 Å². The highest BCUT2D eigenvalue weighted by Gasteiger charge is 2.61. The van der Waals surface area contributed by atoms with Crippen LogP contribution in [0.15, 0.2) is 71.6 Å². The van der Waals surface area contributed by atoms with Gasteiger partial charge < -0.3 is 24.4 Å². The van der Waals surface area contributed by atoms with Crippen molar-refractivity contribution < 1.29 is 32.2 Å². The van der Waals surface area contributed by atoms with Crippen LogP contribution in [-0.4, -0.2) is 113 Å². The number of sulfonamides is 1. The summed E-state index contributed by atoms with van der Waals surface area (Å²) in [5, 5.41) is 13.0. The third-order valence-electron chi connectivity index (χ3n) is 11.3. The Bertz CT molecular complexity index is 2030. The maximum atomic E-state index is 15.1. The van der Waals surface area contributed by atoms with Crippen LogP contribution in [0.3, 0.4) is 0 Å². The fourth-order valence-electron chi connectivity index (χ4n) is 8.53. The van der Waals surface area contributed by atoms with Crippen molar-refractivity contribution in [1.29, 1.82) is 5.26 Å². The molecule has 0 aliphatic carbocycles. The van der Waals surface area contributed by atoms with E-state index in [9.17, 15) is 18.5 Å². The van der Waals surface area contributed by atoms with Crippen LogP contribution in [0, 0.1) is 16.7 Å². The van der Waals surface area contributed by atoms with Crippen molar-refractivity contribution in [1.82, 2.24) is 20.0 Å². The van der Waals surface area contributed by atoms with Crippen LogP contribution >= 0.6 is 0 Å². The Hall–Kier alpha value is -4.68. The van der Waals surface area contributed by atoms with Crippen molar-refractivity contribution >= 4 is 27.6 Å². The maximum absolute atomic E-state index is 15.1. The largest absolute Gasteiger partial charge is 0.497 e. The highest BCUT2D eigenvalue weighted by Crippen LogP contribution is 2.50. The molecule has 3 amide bonds. The standard InChI is InChI=1S/C38H42N6O7S/c1-3-51-34-7-5-4-6-31(34)38(40-36(46)43-24-37(25-43)22-42(23-37)27-14-16-41(17-15-27)28-20-50-21-28)32-18-26(19-39)8-13-33(32)44(35(38)45)52(47,48)30-11-9-29(49-2)10-12-30/h4-13,18,27-28H,3,14-17,20-25H2,1-2H3,(H,40,46). The van der Waals surface area contributed by atoms with E-state index < -0.39 is 27.5 Å². The summed E-state index contributed by atoms with van der Waals surface area (Å²) < 4.78 is 46.1. The fraction of sp³-hybridized carbons (Fsp3) is 0.447. The summed E-state index contributed by atoms with van der Waals surface area (Å²) in [5.41, 5.74) is -1.37. The lowest BCUT2D eigenvalue weighted by Crippen LogP contribution is -2.76. The number of para-hydroxylation sites is 1. The zero-order chi connectivity index (χ0) is 36.3. The van der Waals surface area contributed by atoms with E-state index in [0.717, 1.165) is 56.5 Å². The van der Waals surface area contributed by atoms with E-state index in [1.54, 1.807) is 36.1 Å². The van der Waals surface area contributed by atoms with Gasteiger partial charge in [0.15, 0.2) is 5.54 Å². The molecule has 3 aromatic rings. The molecule has 1 spiro atoms. The molecular weight excluding hydrogens is 685 g/mol. The molecule has 1 atom stereocenters. The first-order valence-corrected chi connectivity index (χ1v) is 19.2. The molecule has 52 heavy (non-hydrogen) atoms. The van der Waals surface area contributed by atoms with E-state index in [-0.39, 0.29) is 39.3 Å². The number of urea groups is 1. The summed E-state index contributed by atoms with van der Waals surface area (Å²) >= 11 is 0. The molecule has 3 aromatic carbocycles. The topological polar surface area (TPSA) is 145 Å². The Morgan fingerprint density at radius 1 is 0.962 bits per heavy atom. The number of rotatable bonds is 9. The summed E-state index contributed by atoms with van der Waals surface area (Å²) in [5.74, 6) is -0.148. The number of carbonyl (C=O) groups excluding carboxylic acids is 2. The summed E-state index contributed by atoms with van der Waals surface area (Å²) in [4.78, 5) is 36.0. The number of likely N-dealkylation sites (tertiary alicyclic amines) is 3. The van der Waals surface area contributed by atoms with E-state index in [1.807, 2.05) is 0 Å². The minimum atomic E-state index is -4.51. The number of anilines is 1. The van der Waals surface area contributed by atoms with Crippen LogP contribution in [0.2, 0.25) is 0 Å². The third kappa shape index (κ3) is 5.49.